The minimum absolute atomic E-state index is 0.325. The first-order valence-electron chi connectivity index (χ1n) is 8.61. The minimum atomic E-state index is -0.955. The van der Waals surface area contributed by atoms with Crippen LogP contribution >= 0.6 is 11.6 Å². The number of hydrogen-bond donors (Lipinski definition) is 1. The van der Waals surface area contributed by atoms with Crippen molar-refractivity contribution in [2.24, 2.45) is 0 Å². The smallest absolute Gasteiger partial charge is 0.338 e. The minimum Gasteiger partial charge on any atom is -0.457 e. The molecule has 1 amide bonds. The molecular weight excluding hydrogens is 378 g/mol. The molecule has 1 atom stereocenters. The molecule has 1 N–H and O–H groups in total. The average molecular weight is 396 g/mol. The highest BCUT2D eigenvalue weighted by atomic mass is 35.5. The van der Waals surface area contributed by atoms with Crippen LogP contribution in [0.1, 0.15) is 17.3 Å². The van der Waals surface area contributed by atoms with Gasteiger partial charge in [0.2, 0.25) is 0 Å². The molecule has 0 aliphatic carbocycles. The number of ether oxygens (including phenoxy) is 2. The Morgan fingerprint density at radius 1 is 0.857 bits per heavy atom. The molecule has 0 saturated heterocycles. The fraction of sp³-hybridized carbons (Fsp3) is 0.0909. The van der Waals surface area contributed by atoms with E-state index in [1.165, 1.54) is 6.92 Å². The maximum atomic E-state index is 12.3. The molecule has 142 valence electrons. The molecule has 0 bridgehead atoms. The monoisotopic (exact) mass is 395 g/mol. The standard InChI is InChI=1S/C22H18ClNO4/c1-15(27-22(26)16-7-9-17(23)10-8-16)21(25)24-18-11-13-20(14-12-18)28-19-5-3-2-4-6-19/h2-15H,1H3,(H,24,25). The van der Waals surface area contributed by atoms with Crippen LogP contribution in [0.15, 0.2) is 78.9 Å². The third-order valence-corrected chi connectivity index (χ3v) is 4.09. The van der Waals surface area contributed by atoms with Gasteiger partial charge in [-0.25, -0.2) is 4.79 Å². The third kappa shape index (κ3) is 5.34. The van der Waals surface area contributed by atoms with E-state index in [1.54, 1.807) is 48.5 Å². The van der Waals surface area contributed by atoms with Crippen molar-refractivity contribution in [1.29, 1.82) is 0 Å². The van der Waals surface area contributed by atoms with Crippen LogP contribution in [0.25, 0.3) is 0 Å². The van der Waals surface area contributed by atoms with Gasteiger partial charge < -0.3 is 14.8 Å². The number of benzene rings is 3. The van der Waals surface area contributed by atoms with Crippen molar-refractivity contribution < 1.29 is 19.1 Å². The molecule has 3 aromatic carbocycles. The van der Waals surface area contributed by atoms with Crippen LogP contribution in [0.4, 0.5) is 5.69 Å². The number of halogens is 1. The van der Waals surface area contributed by atoms with Crippen LogP contribution in [0.5, 0.6) is 11.5 Å². The predicted molar refractivity (Wildman–Crippen MR) is 108 cm³/mol. The third-order valence-electron chi connectivity index (χ3n) is 3.83. The number of esters is 1. The van der Waals surface area contributed by atoms with E-state index in [1.807, 2.05) is 30.3 Å². The molecule has 28 heavy (non-hydrogen) atoms. The van der Waals surface area contributed by atoms with Crippen molar-refractivity contribution in [3.63, 3.8) is 0 Å². The van der Waals surface area contributed by atoms with Gasteiger partial charge in [0, 0.05) is 10.7 Å². The summed E-state index contributed by atoms with van der Waals surface area (Å²) in [5.41, 5.74) is 0.895. The molecule has 6 heteroatoms. The van der Waals surface area contributed by atoms with Gasteiger partial charge in [-0.3, -0.25) is 4.79 Å². The summed E-state index contributed by atoms with van der Waals surface area (Å²) in [5, 5.41) is 3.22. The number of rotatable bonds is 6. The van der Waals surface area contributed by atoms with Gasteiger partial charge >= 0.3 is 5.97 Å². The van der Waals surface area contributed by atoms with Crippen molar-refractivity contribution in [3.8, 4) is 11.5 Å². The molecule has 3 rings (SSSR count). The molecule has 0 saturated carbocycles. The van der Waals surface area contributed by atoms with Crippen LogP contribution in [0, 0.1) is 0 Å². The van der Waals surface area contributed by atoms with E-state index in [-0.39, 0.29) is 0 Å². The Morgan fingerprint density at radius 3 is 2.11 bits per heavy atom. The summed E-state index contributed by atoms with van der Waals surface area (Å²) in [6.45, 7) is 1.51. The first kappa shape index (κ1) is 19.5. The highest BCUT2D eigenvalue weighted by Crippen LogP contribution is 2.22. The Hall–Kier alpha value is -3.31. The summed E-state index contributed by atoms with van der Waals surface area (Å²) in [4.78, 5) is 24.3. The van der Waals surface area contributed by atoms with Gasteiger partial charge in [-0.15, -0.1) is 0 Å². The Bertz CT molecular complexity index is 941. The quantitative estimate of drug-likeness (QED) is 0.574. The van der Waals surface area contributed by atoms with Crippen LogP contribution in [-0.2, 0) is 9.53 Å². The lowest BCUT2D eigenvalue weighted by molar-refractivity contribution is -0.123. The lowest BCUT2D eigenvalue weighted by atomic mass is 10.2. The zero-order valence-electron chi connectivity index (χ0n) is 15.1. The van der Waals surface area contributed by atoms with Gasteiger partial charge in [-0.1, -0.05) is 29.8 Å². The summed E-state index contributed by atoms with van der Waals surface area (Å²) in [7, 11) is 0. The van der Waals surface area contributed by atoms with Crippen LogP contribution in [-0.4, -0.2) is 18.0 Å². The van der Waals surface area contributed by atoms with Gasteiger partial charge in [0.15, 0.2) is 6.10 Å². The number of para-hydroxylation sites is 1. The van der Waals surface area contributed by atoms with Crippen LogP contribution in [0.3, 0.4) is 0 Å². The van der Waals surface area contributed by atoms with Gasteiger partial charge in [0.05, 0.1) is 5.56 Å². The summed E-state index contributed by atoms with van der Waals surface area (Å²) in [6.07, 6.45) is -0.955. The zero-order valence-corrected chi connectivity index (χ0v) is 15.8. The molecule has 0 aliphatic heterocycles. The molecular formula is C22H18ClNO4. The Morgan fingerprint density at radius 2 is 1.46 bits per heavy atom. The highest BCUT2D eigenvalue weighted by molar-refractivity contribution is 6.30. The number of amides is 1. The zero-order chi connectivity index (χ0) is 19.9. The van der Waals surface area contributed by atoms with Crippen molar-refractivity contribution in [2.75, 3.05) is 5.32 Å². The number of nitrogens with one attached hydrogen (secondary N) is 1. The van der Waals surface area contributed by atoms with Crippen molar-refractivity contribution in [1.82, 2.24) is 0 Å². The van der Waals surface area contributed by atoms with E-state index < -0.39 is 18.0 Å². The fourth-order valence-corrected chi connectivity index (χ4v) is 2.47. The second kappa shape index (κ2) is 9.06. The summed E-state index contributed by atoms with van der Waals surface area (Å²) >= 11 is 5.79. The Labute approximate surface area is 167 Å². The van der Waals surface area contributed by atoms with E-state index in [0.717, 1.165) is 5.75 Å². The van der Waals surface area contributed by atoms with E-state index in [4.69, 9.17) is 21.1 Å². The first-order valence-corrected chi connectivity index (χ1v) is 8.99. The highest BCUT2D eigenvalue weighted by Gasteiger charge is 2.19. The topological polar surface area (TPSA) is 64.6 Å². The lowest BCUT2D eigenvalue weighted by Gasteiger charge is -2.14. The number of anilines is 1. The van der Waals surface area contributed by atoms with E-state index in [0.29, 0.717) is 22.0 Å². The summed E-state index contributed by atoms with van der Waals surface area (Å²) < 4.78 is 10.9. The van der Waals surface area contributed by atoms with Gasteiger partial charge in [0.25, 0.3) is 5.91 Å². The van der Waals surface area contributed by atoms with Crippen molar-refractivity contribution >= 4 is 29.2 Å². The molecule has 0 spiro atoms. The largest absolute Gasteiger partial charge is 0.457 e. The summed E-state index contributed by atoms with van der Waals surface area (Å²) in [6, 6.07) is 22.6. The molecule has 3 aromatic rings. The summed E-state index contributed by atoms with van der Waals surface area (Å²) in [5.74, 6) is 0.346. The van der Waals surface area contributed by atoms with Crippen molar-refractivity contribution in [3.05, 3.63) is 89.4 Å². The van der Waals surface area contributed by atoms with Crippen LogP contribution < -0.4 is 10.1 Å². The maximum Gasteiger partial charge on any atom is 0.338 e. The molecule has 0 aliphatic rings. The predicted octanol–water partition coefficient (Wildman–Crippen LogP) is 5.32. The average Bonchev–Trinajstić information content (AvgIpc) is 2.70. The molecule has 5 nitrogen and oxygen atoms in total. The molecule has 1 unspecified atom stereocenters. The first-order chi connectivity index (χ1) is 13.5. The van der Waals surface area contributed by atoms with E-state index >= 15 is 0 Å². The molecule has 0 heterocycles. The molecule has 0 fully saturated rings. The number of hydrogen-bond acceptors (Lipinski definition) is 4. The molecule has 0 aromatic heterocycles. The van der Waals surface area contributed by atoms with Crippen molar-refractivity contribution in [2.45, 2.75) is 13.0 Å². The van der Waals surface area contributed by atoms with Crippen LogP contribution in [0.2, 0.25) is 5.02 Å². The molecule has 0 radical (unpaired) electrons. The fourth-order valence-electron chi connectivity index (χ4n) is 2.34. The number of carbonyl (C=O) groups excluding carboxylic acids is 2. The van der Waals surface area contributed by atoms with E-state index in [2.05, 4.69) is 5.32 Å². The SMILES string of the molecule is CC(OC(=O)c1ccc(Cl)cc1)C(=O)Nc1ccc(Oc2ccccc2)cc1. The second-order valence-corrected chi connectivity index (χ2v) is 6.42. The van der Waals surface area contributed by atoms with Gasteiger partial charge in [0.1, 0.15) is 11.5 Å². The maximum absolute atomic E-state index is 12.3. The van der Waals surface area contributed by atoms with Gasteiger partial charge in [-0.2, -0.15) is 0 Å². The number of carbonyl (C=O) groups is 2. The second-order valence-electron chi connectivity index (χ2n) is 5.98. The lowest BCUT2D eigenvalue weighted by Crippen LogP contribution is -2.29. The van der Waals surface area contributed by atoms with E-state index in [9.17, 15) is 9.59 Å². The Balaban J connectivity index is 1.54. The van der Waals surface area contributed by atoms with Gasteiger partial charge in [-0.05, 0) is 67.6 Å². The normalized spacial score (nSPS) is 11.4. The Kier molecular flexibility index (Phi) is 6.29.